The number of fused-ring (bicyclic) bond motifs is 1. The molecule has 0 aliphatic carbocycles. The van der Waals surface area contributed by atoms with Gasteiger partial charge >= 0.3 is 18.3 Å². The molecule has 0 saturated heterocycles. The van der Waals surface area contributed by atoms with Crippen molar-refractivity contribution in [2.45, 2.75) is 24.4 Å². The SMILES string of the molecule is O=C(O)c1ccc2nc(Cc3ccccc3)n(-c3ccc(C(O)(C(F)(F)F)C(F)(F)F)cc3)c(=O)c2c1. The van der Waals surface area contributed by atoms with Gasteiger partial charge in [-0.05, 0) is 35.9 Å². The van der Waals surface area contributed by atoms with Gasteiger partial charge in [0.2, 0.25) is 0 Å². The van der Waals surface area contributed by atoms with Crippen molar-refractivity contribution in [1.29, 1.82) is 0 Å². The second-order valence-electron chi connectivity index (χ2n) is 8.12. The van der Waals surface area contributed by atoms with Crippen LogP contribution in [0, 0.1) is 0 Å². The molecule has 2 N–H and O–H groups in total. The second kappa shape index (κ2) is 9.04. The number of hydrogen-bond donors (Lipinski definition) is 2. The van der Waals surface area contributed by atoms with Gasteiger partial charge in [-0.2, -0.15) is 26.3 Å². The Hall–Kier alpha value is -4.19. The van der Waals surface area contributed by atoms with Crippen molar-refractivity contribution in [3.63, 3.8) is 0 Å². The highest BCUT2D eigenvalue weighted by Gasteiger charge is 2.71. The van der Waals surface area contributed by atoms with Crippen LogP contribution in [0.4, 0.5) is 26.3 Å². The minimum Gasteiger partial charge on any atom is -0.478 e. The molecule has 0 saturated carbocycles. The van der Waals surface area contributed by atoms with Gasteiger partial charge in [-0.1, -0.05) is 42.5 Å². The van der Waals surface area contributed by atoms with Gasteiger partial charge in [0, 0.05) is 12.0 Å². The lowest BCUT2D eigenvalue weighted by atomic mass is 9.92. The molecule has 192 valence electrons. The van der Waals surface area contributed by atoms with Crippen LogP contribution in [0.3, 0.4) is 0 Å². The van der Waals surface area contributed by atoms with Gasteiger partial charge in [0.25, 0.3) is 11.2 Å². The van der Waals surface area contributed by atoms with Crippen molar-refractivity contribution >= 4 is 16.9 Å². The molecule has 4 aromatic rings. The number of carboxylic acid groups (broad SMARTS) is 1. The number of aromatic nitrogens is 2. The topological polar surface area (TPSA) is 92.4 Å². The van der Waals surface area contributed by atoms with E-state index in [2.05, 4.69) is 4.98 Å². The molecule has 4 rings (SSSR count). The number of halogens is 6. The third-order valence-corrected chi connectivity index (χ3v) is 5.75. The summed E-state index contributed by atoms with van der Waals surface area (Å²) in [6.07, 6.45) is -12.1. The maximum atomic E-state index is 13.4. The first-order valence-electron chi connectivity index (χ1n) is 10.5. The van der Waals surface area contributed by atoms with Crippen LogP contribution >= 0.6 is 0 Å². The molecule has 0 spiro atoms. The Balaban J connectivity index is 1.93. The summed E-state index contributed by atoms with van der Waals surface area (Å²) in [5.74, 6) is -1.22. The maximum absolute atomic E-state index is 13.4. The van der Waals surface area contributed by atoms with Crippen molar-refractivity contribution < 1.29 is 41.4 Å². The molecule has 6 nitrogen and oxygen atoms in total. The van der Waals surface area contributed by atoms with E-state index in [1.165, 1.54) is 12.1 Å². The molecule has 0 aliphatic rings. The molecule has 0 atom stereocenters. The third-order valence-electron chi connectivity index (χ3n) is 5.75. The molecule has 3 aromatic carbocycles. The van der Waals surface area contributed by atoms with Gasteiger partial charge in [0.05, 0.1) is 22.2 Å². The van der Waals surface area contributed by atoms with Gasteiger partial charge in [-0.15, -0.1) is 0 Å². The molecular formula is C25H16F6N2O4. The number of aromatic carboxylic acids is 1. The minimum absolute atomic E-state index is 0.0590. The molecule has 0 aliphatic heterocycles. The van der Waals surface area contributed by atoms with Crippen LogP contribution in [0.15, 0.2) is 77.6 Å². The zero-order chi connectivity index (χ0) is 27.2. The van der Waals surface area contributed by atoms with Crippen molar-refractivity contribution in [2.24, 2.45) is 0 Å². The number of benzene rings is 3. The first-order valence-corrected chi connectivity index (χ1v) is 10.5. The Morgan fingerprint density at radius 1 is 0.865 bits per heavy atom. The molecule has 1 heterocycles. The highest BCUT2D eigenvalue weighted by atomic mass is 19.4. The smallest absolute Gasteiger partial charge is 0.430 e. The van der Waals surface area contributed by atoms with Crippen molar-refractivity contribution in [2.75, 3.05) is 0 Å². The third kappa shape index (κ3) is 4.55. The Kier molecular flexibility index (Phi) is 6.32. The summed E-state index contributed by atoms with van der Waals surface area (Å²) in [5, 5.41) is 18.8. The summed E-state index contributed by atoms with van der Waals surface area (Å²) in [6.45, 7) is 0. The minimum atomic E-state index is -6.07. The summed E-state index contributed by atoms with van der Waals surface area (Å²) < 4.78 is 80.6. The quantitative estimate of drug-likeness (QED) is 0.361. The fourth-order valence-corrected chi connectivity index (χ4v) is 3.87. The first-order chi connectivity index (χ1) is 17.2. The summed E-state index contributed by atoms with van der Waals surface area (Å²) in [4.78, 5) is 29.2. The molecular weight excluding hydrogens is 506 g/mol. The zero-order valence-electron chi connectivity index (χ0n) is 18.5. The first kappa shape index (κ1) is 25.9. The van der Waals surface area contributed by atoms with Crippen molar-refractivity contribution in [3.05, 3.63) is 106 Å². The fourth-order valence-electron chi connectivity index (χ4n) is 3.87. The number of carboxylic acids is 1. The van der Waals surface area contributed by atoms with Crippen LogP contribution in [-0.4, -0.2) is 38.1 Å². The molecule has 0 amide bonds. The van der Waals surface area contributed by atoms with E-state index in [-0.39, 0.29) is 34.4 Å². The van der Waals surface area contributed by atoms with Crippen molar-refractivity contribution in [1.82, 2.24) is 9.55 Å². The molecule has 0 bridgehead atoms. The zero-order valence-corrected chi connectivity index (χ0v) is 18.5. The average molecular weight is 522 g/mol. The Labute approximate surface area is 204 Å². The summed E-state index contributed by atoms with van der Waals surface area (Å²) in [5.41, 5.74) is -6.91. The van der Waals surface area contributed by atoms with Crippen LogP contribution < -0.4 is 5.56 Å². The van der Waals surface area contributed by atoms with Crippen LogP contribution in [0.25, 0.3) is 16.6 Å². The van der Waals surface area contributed by atoms with Crippen LogP contribution in [0.2, 0.25) is 0 Å². The highest BCUT2D eigenvalue weighted by molar-refractivity contribution is 5.93. The molecule has 1 aromatic heterocycles. The number of alkyl halides is 6. The summed E-state index contributed by atoms with van der Waals surface area (Å²) >= 11 is 0. The van der Waals surface area contributed by atoms with E-state index < -0.39 is 35.0 Å². The van der Waals surface area contributed by atoms with Gasteiger partial charge in [0.1, 0.15) is 5.82 Å². The average Bonchev–Trinajstić information content (AvgIpc) is 2.83. The van der Waals surface area contributed by atoms with E-state index in [9.17, 15) is 46.1 Å². The fraction of sp³-hybridized carbons (Fsp3) is 0.160. The molecule has 0 fully saturated rings. The number of rotatable bonds is 5. The summed E-state index contributed by atoms with van der Waals surface area (Å²) in [6, 6.07) is 14.8. The largest absolute Gasteiger partial charge is 0.478 e. The van der Waals surface area contributed by atoms with Gasteiger partial charge < -0.3 is 10.2 Å². The van der Waals surface area contributed by atoms with E-state index in [1.54, 1.807) is 30.3 Å². The predicted molar refractivity (Wildman–Crippen MR) is 120 cm³/mol. The number of carbonyl (C=O) groups is 1. The van der Waals surface area contributed by atoms with E-state index in [0.29, 0.717) is 17.7 Å². The number of hydrogen-bond acceptors (Lipinski definition) is 4. The Morgan fingerprint density at radius 3 is 2.00 bits per heavy atom. The van der Waals surface area contributed by atoms with Crippen LogP contribution in [0.5, 0.6) is 0 Å². The van der Waals surface area contributed by atoms with E-state index in [1.807, 2.05) is 0 Å². The summed E-state index contributed by atoms with van der Waals surface area (Å²) in [7, 11) is 0. The Bertz CT molecular complexity index is 1510. The van der Waals surface area contributed by atoms with E-state index in [4.69, 9.17) is 0 Å². The molecule has 0 unspecified atom stereocenters. The van der Waals surface area contributed by atoms with Crippen molar-refractivity contribution in [3.8, 4) is 5.69 Å². The number of aliphatic hydroxyl groups is 1. The molecule has 37 heavy (non-hydrogen) atoms. The van der Waals surface area contributed by atoms with Crippen LogP contribution in [-0.2, 0) is 12.0 Å². The Morgan fingerprint density at radius 2 is 1.46 bits per heavy atom. The normalized spacial score (nSPS) is 12.6. The maximum Gasteiger partial charge on any atom is 0.430 e. The second-order valence-corrected chi connectivity index (χ2v) is 8.12. The highest BCUT2D eigenvalue weighted by Crippen LogP contribution is 2.50. The van der Waals surface area contributed by atoms with Gasteiger partial charge in [-0.3, -0.25) is 9.36 Å². The lowest BCUT2D eigenvalue weighted by molar-refractivity contribution is -0.376. The molecule has 0 radical (unpaired) electrons. The monoisotopic (exact) mass is 522 g/mol. The van der Waals surface area contributed by atoms with Gasteiger partial charge in [-0.25, -0.2) is 9.78 Å². The predicted octanol–water partition coefficient (Wildman–Crippen LogP) is 4.99. The van der Waals surface area contributed by atoms with Crippen LogP contribution in [0.1, 0.15) is 27.3 Å². The molecule has 12 heteroatoms. The standard InChI is InChI=1S/C25H16F6N2O4/c26-24(27,28)23(37,25(29,30)31)16-7-9-17(10-8-16)33-20(12-14-4-2-1-3-5-14)32-19-11-6-15(22(35)36)13-18(19)21(33)34/h1-11,13,37H,12H2,(H,35,36). The van der Waals surface area contributed by atoms with Gasteiger partial charge in [0.15, 0.2) is 0 Å². The van der Waals surface area contributed by atoms with E-state index in [0.717, 1.165) is 22.8 Å². The number of nitrogens with zero attached hydrogens (tertiary/aromatic N) is 2. The lowest BCUT2D eigenvalue weighted by Crippen LogP contribution is -2.53. The lowest BCUT2D eigenvalue weighted by Gasteiger charge is -2.32. The van der Waals surface area contributed by atoms with E-state index >= 15 is 0 Å².